The zero-order valence-electron chi connectivity index (χ0n) is 19.9. The van der Waals surface area contributed by atoms with Crippen molar-refractivity contribution in [2.45, 2.75) is 44.4 Å². The van der Waals surface area contributed by atoms with Gasteiger partial charge in [-0.05, 0) is 16.7 Å². The van der Waals surface area contributed by atoms with Gasteiger partial charge in [0, 0.05) is 7.11 Å². The lowest BCUT2D eigenvalue weighted by atomic mass is 9.89. The van der Waals surface area contributed by atoms with E-state index in [1.165, 1.54) is 0 Å². The Labute approximate surface area is 207 Å². The summed E-state index contributed by atoms with van der Waals surface area (Å²) in [5, 5.41) is 10.2. The molecule has 0 aromatic heterocycles. The van der Waals surface area contributed by atoms with Gasteiger partial charge in [-0.25, -0.2) is 0 Å². The maximum absolute atomic E-state index is 10.2. The van der Waals surface area contributed by atoms with Crippen LogP contribution in [0.25, 0.3) is 0 Å². The highest BCUT2D eigenvalue weighted by Crippen LogP contribution is 2.32. The average Bonchev–Trinajstić information content (AvgIpc) is 2.92. The minimum Gasteiger partial charge on any atom is -0.374 e. The standard InChI is InChI=1S/C29H31NO5/c1-31-29-28(34-20-24-15-9-4-10-16-24)25(17-30)27(33-19-23-13-7-3-8-14-23)26(35-29)21-32-18-22-11-5-2-6-12-22/h2-16,25-29H,18-21H2,1H3/t25?,26?,27-,28?,29+/m1/s1. The predicted octanol–water partition coefficient (Wildman–Crippen LogP) is 4.89. The summed E-state index contributed by atoms with van der Waals surface area (Å²) in [5.74, 6) is -0.605. The van der Waals surface area contributed by atoms with Crippen molar-refractivity contribution in [1.29, 1.82) is 5.26 Å². The molecule has 0 N–H and O–H groups in total. The molecule has 1 aliphatic heterocycles. The van der Waals surface area contributed by atoms with Crippen molar-refractivity contribution in [3.05, 3.63) is 108 Å². The molecule has 3 unspecified atom stereocenters. The van der Waals surface area contributed by atoms with E-state index in [0.717, 1.165) is 16.7 Å². The molecule has 6 nitrogen and oxygen atoms in total. The zero-order valence-corrected chi connectivity index (χ0v) is 19.9. The number of hydrogen-bond acceptors (Lipinski definition) is 6. The third kappa shape index (κ3) is 6.98. The summed E-state index contributed by atoms with van der Waals surface area (Å²) in [6.45, 7) is 1.39. The van der Waals surface area contributed by atoms with Crippen molar-refractivity contribution in [2.75, 3.05) is 13.7 Å². The van der Waals surface area contributed by atoms with Crippen LogP contribution < -0.4 is 0 Å². The largest absolute Gasteiger partial charge is 0.374 e. The molecule has 0 spiro atoms. The molecule has 182 valence electrons. The molecule has 3 aromatic rings. The summed E-state index contributed by atoms with van der Waals surface area (Å²) in [6.07, 6.45) is -2.38. The Balaban J connectivity index is 1.48. The lowest BCUT2D eigenvalue weighted by Crippen LogP contribution is -2.57. The Kier molecular flexibility index (Phi) is 9.41. The minimum absolute atomic E-state index is 0.262. The van der Waals surface area contributed by atoms with E-state index in [0.29, 0.717) is 19.8 Å². The van der Waals surface area contributed by atoms with Crippen molar-refractivity contribution in [3.63, 3.8) is 0 Å². The van der Waals surface area contributed by atoms with E-state index in [4.69, 9.17) is 23.7 Å². The quantitative estimate of drug-likeness (QED) is 0.395. The van der Waals surface area contributed by atoms with Crippen molar-refractivity contribution in [1.82, 2.24) is 0 Å². The Bertz CT molecular complexity index is 1040. The molecule has 1 heterocycles. The molecule has 0 aliphatic carbocycles. The van der Waals surface area contributed by atoms with Gasteiger partial charge in [-0.15, -0.1) is 0 Å². The monoisotopic (exact) mass is 473 g/mol. The molecule has 3 aromatic carbocycles. The van der Waals surface area contributed by atoms with Crippen molar-refractivity contribution >= 4 is 0 Å². The van der Waals surface area contributed by atoms with Gasteiger partial charge in [0.1, 0.15) is 24.2 Å². The van der Waals surface area contributed by atoms with Crippen LogP contribution in [0.5, 0.6) is 0 Å². The number of methoxy groups -OCH3 is 1. The molecular weight excluding hydrogens is 442 g/mol. The van der Waals surface area contributed by atoms with Gasteiger partial charge < -0.3 is 23.7 Å². The zero-order chi connectivity index (χ0) is 24.3. The molecule has 4 rings (SSSR count). The van der Waals surface area contributed by atoms with E-state index in [1.54, 1.807) is 7.11 Å². The summed E-state index contributed by atoms with van der Waals surface area (Å²) in [6, 6.07) is 32.1. The van der Waals surface area contributed by atoms with E-state index in [-0.39, 0.29) is 6.61 Å². The molecule has 0 radical (unpaired) electrons. The topological polar surface area (TPSA) is 69.9 Å². The van der Waals surface area contributed by atoms with Crippen molar-refractivity contribution < 1.29 is 23.7 Å². The smallest absolute Gasteiger partial charge is 0.185 e. The van der Waals surface area contributed by atoms with E-state index < -0.39 is 30.5 Å². The van der Waals surface area contributed by atoms with Gasteiger partial charge in [0.2, 0.25) is 0 Å². The van der Waals surface area contributed by atoms with Crippen LogP contribution in [0.1, 0.15) is 16.7 Å². The number of hydrogen-bond donors (Lipinski definition) is 0. The first-order chi connectivity index (χ1) is 17.3. The van der Waals surface area contributed by atoms with Crippen LogP contribution in [0.3, 0.4) is 0 Å². The van der Waals surface area contributed by atoms with Crippen LogP contribution in [-0.4, -0.2) is 38.3 Å². The molecule has 5 atom stereocenters. The van der Waals surface area contributed by atoms with Crippen molar-refractivity contribution in [3.8, 4) is 6.07 Å². The molecular formula is C29H31NO5. The van der Waals surface area contributed by atoms with E-state index >= 15 is 0 Å². The van der Waals surface area contributed by atoms with E-state index in [9.17, 15) is 5.26 Å². The lowest BCUT2D eigenvalue weighted by molar-refractivity contribution is -0.296. The second kappa shape index (κ2) is 13.1. The van der Waals surface area contributed by atoms with E-state index in [1.807, 2.05) is 91.0 Å². The molecule has 0 saturated carbocycles. The predicted molar refractivity (Wildman–Crippen MR) is 131 cm³/mol. The first kappa shape index (κ1) is 25.1. The summed E-state index contributed by atoms with van der Waals surface area (Å²) < 4.78 is 30.3. The average molecular weight is 474 g/mol. The van der Waals surface area contributed by atoms with Crippen LogP contribution >= 0.6 is 0 Å². The highest BCUT2D eigenvalue weighted by atomic mass is 16.7. The highest BCUT2D eigenvalue weighted by Gasteiger charge is 2.48. The molecule has 1 fully saturated rings. The molecule has 1 aliphatic rings. The third-order valence-corrected chi connectivity index (χ3v) is 6.00. The van der Waals surface area contributed by atoms with Gasteiger partial charge >= 0.3 is 0 Å². The number of nitriles is 1. The normalized spacial score (nSPS) is 24.1. The van der Waals surface area contributed by atoms with Crippen LogP contribution in [0.2, 0.25) is 0 Å². The van der Waals surface area contributed by atoms with Crippen LogP contribution in [0, 0.1) is 17.2 Å². The SMILES string of the molecule is CO[C@H]1OC(COCc2ccccc2)[C@H](OCc2ccccc2)C(C#N)C1OCc1ccccc1. The van der Waals surface area contributed by atoms with Gasteiger partial charge in [-0.1, -0.05) is 91.0 Å². The van der Waals surface area contributed by atoms with Gasteiger partial charge in [0.05, 0.1) is 32.5 Å². The fraction of sp³-hybridized carbons (Fsp3) is 0.345. The Morgan fingerprint density at radius 1 is 0.714 bits per heavy atom. The maximum Gasteiger partial charge on any atom is 0.185 e. The summed E-state index contributed by atoms with van der Waals surface area (Å²) in [4.78, 5) is 0. The van der Waals surface area contributed by atoms with Gasteiger partial charge in [0.15, 0.2) is 6.29 Å². The third-order valence-electron chi connectivity index (χ3n) is 6.00. The van der Waals surface area contributed by atoms with Gasteiger partial charge in [-0.2, -0.15) is 5.26 Å². The minimum atomic E-state index is -0.717. The van der Waals surface area contributed by atoms with Gasteiger partial charge in [0.25, 0.3) is 0 Å². The molecule has 0 bridgehead atoms. The van der Waals surface area contributed by atoms with E-state index in [2.05, 4.69) is 6.07 Å². The summed E-state index contributed by atoms with van der Waals surface area (Å²) in [5.41, 5.74) is 3.09. The Morgan fingerprint density at radius 3 is 1.69 bits per heavy atom. The summed E-state index contributed by atoms with van der Waals surface area (Å²) in [7, 11) is 1.56. The second-order valence-corrected chi connectivity index (χ2v) is 8.46. The Hall–Kier alpha value is -3.05. The van der Waals surface area contributed by atoms with Crippen LogP contribution in [0.15, 0.2) is 91.0 Å². The fourth-order valence-electron chi connectivity index (χ4n) is 4.18. The summed E-state index contributed by atoms with van der Waals surface area (Å²) >= 11 is 0. The lowest BCUT2D eigenvalue weighted by Gasteiger charge is -2.43. The van der Waals surface area contributed by atoms with Crippen LogP contribution in [-0.2, 0) is 43.5 Å². The number of ether oxygens (including phenoxy) is 5. The molecule has 6 heteroatoms. The molecule has 35 heavy (non-hydrogen) atoms. The number of rotatable bonds is 11. The van der Waals surface area contributed by atoms with Crippen LogP contribution in [0.4, 0.5) is 0 Å². The number of benzene rings is 3. The Morgan fingerprint density at radius 2 is 1.20 bits per heavy atom. The fourth-order valence-corrected chi connectivity index (χ4v) is 4.18. The first-order valence-corrected chi connectivity index (χ1v) is 11.8. The highest BCUT2D eigenvalue weighted by molar-refractivity contribution is 5.15. The first-order valence-electron chi connectivity index (χ1n) is 11.8. The molecule has 1 saturated heterocycles. The second-order valence-electron chi connectivity index (χ2n) is 8.46. The van der Waals surface area contributed by atoms with Crippen molar-refractivity contribution in [2.24, 2.45) is 5.92 Å². The number of nitrogens with zero attached hydrogens (tertiary/aromatic N) is 1. The maximum atomic E-state index is 10.2. The molecule has 0 amide bonds. The van der Waals surface area contributed by atoms with Gasteiger partial charge in [-0.3, -0.25) is 0 Å².